The number of nitrogen functional groups attached to an aromatic ring is 1. The predicted octanol–water partition coefficient (Wildman–Crippen LogP) is 1.12. The first kappa shape index (κ1) is 12.9. The van der Waals surface area contributed by atoms with Gasteiger partial charge in [0.05, 0.1) is 7.11 Å². The maximum absolute atomic E-state index is 5.62. The number of hydrogen-bond donors (Lipinski definition) is 3. The molecule has 100 valence electrons. The van der Waals surface area contributed by atoms with Gasteiger partial charge in [-0.25, -0.2) is 4.98 Å². The van der Waals surface area contributed by atoms with Gasteiger partial charge in [0.1, 0.15) is 11.6 Å². The molecule has 2 heterocycles. The van der Waals surface area contributed by atoms with Gasteiger partial charge in [-0.15, -0.1) is 0 Å². The van der Waals surface area contributed by atoms with Crippen molar-refractivity contribution in [2.24, 2.45) is 0 Å². The van der Waals surface area contributed by atoms with Crippen molar-refractivity contribution in [2.75, 3.05) is 30.5 Å². The van der Waals surface area contributed by atoms with Crippen LogP contribution in [0.25, 0.3) is 0 Å². The zero-order chi connectivity index (χ0) is 13.7. The van der Waals surface area contributed by atoms with Gasteiger partial charge >= 0.3 is 0 Å². The molecule has 2 aromatic rings. The minimum Gasteiger partial charge on any atom is -0.481 e. The second-order valence-corrected chi connectivity index (χ2v) is 3.81. The number of nitrogens with two attached hydrogens (primary N) is 1. The molecule has 0 amide bonds. The Morgan fingerprint density at radius 2 is 2.05 bits per heavy atom. The molecule has 0 aliphatic heterocycles. The van der Waals surface area contributed by atoms with Gasteiger partial charge in [-0.1, -0.05) is 0 Å². The maximum atomic E-state index is 5.62. The lowest BCUT2D eigenvalue weighted by Crippen LogP contribution is -2.06. The van der Waals surface area contributed by atoms with Crippen molar-refractivity contribution < 1.29 is 4.74 Å². The summed E-state index contributed by atoms with van der Waals surface area (Å²) >= 11 is 0. The first-order valence-electron chi connectivity index (χ1n) is 5.76. The third-order valence-electron chi connectivity index (χ3n) is 2.48. The average Bonchev–Trinajstić information content (AvgIpc) is 2.44. The summed E-state index contributed by atoms with van der Waals surface area (Å²) in [7, 11) is 3.36. The molecule has 0 radical (unpaired) electrons. The third kappa shape index (κ3) is 3.44. The van der Waals surface area contributed by atoms with E-state index in [0.717, 1.165) is 5.56 Å². The number of rotatable bonds is 5. The second-order valence-electron chi connectivity index (χ2n) is 3.81. The van der Waals surface area contributed by atoms with Crippen LogP contribution in [0.4, 0.5) is 17.6 Å². The van der Waals surface area contributed by atoms with Gasteiger partial charge in [-0.3, -0.25) is 0 Å². The van der Waals surface area contributed by atoms with Crippen LogP contribution < -0.4 is 21.1 Å². The average molecular weight is 260 g/mol. The number of methoxy groups -OCH3 is 1. The van der Waals surface area contributed by atoms with E-state index in [4.69, 9.17) is 10.5 Å². The molecule has 4 N–H and O–H groups in total. The van der Waals surface area contributed by atoms with Crippen LogP contribution in [0.2, 0.25) is 0 Å². The number of hydrogen-bond acceptors (Lipinski definition) is 7. The molecule has 2 aromatic heterocycles. The van der Waals surface area contributed by atoms with Gasteiger partial charge < -0.3 is 21.1 Å². The molecule has 0 atom stereocenters. The first-order valence-corrected chi connectivity index (χ1v) is 5.76. The number of pyridine rings is 1. The monoisotopic (exact) mass is 260 g/mol. The summed E-state index contributed by atoms with van der Waals surface area (Å²) in [5, 5.41) is 6.10. The zero-order valence-corrected chi connectivity index (χ0v) is 10.8. The van der Waals surface area contributed by atoms with Gasteiger partial charge in [0.25, 0.3) is 0 Å². The van der Waals surface area contributed by atoms with E-state index in [-0.39, 0.29) is 5.95 Å². The second kappa shape index (κ2) is 5.85. The SMILES string of the molecule is CNc1cc(NCc2ccnc(OC)c2)nc(N)n1. The van der Waals surface area contributed by atoms with Crippen LogP contribution in [0, 0.1) is 0 Å². The van der Waals surface area contributed by atoms with Crippen molar-refractivity contribution >= 4 is 17.6 Å². The molecule has 0 saturated heterocycles. The zero-order valence-electron chi connectivity index (χ0n) is 10.8. The molecule has 7 heteroatoms. The Kier molecular flexibility index (Phi) is 3.97. The van der Waals surface area contributed by atoms with Crippen molar-refractivity contribution in [3.8, 4) is 5.88 Å². The highest BCUT2D eigenvalue weighted by molar-refractivity contribution is 5.50. The summed E-state index contributed by atoms with van der Waals surface area (Å²) in [5.74, 6) is 2.13. The fourth-order valence-corrected chi connectivity index (χ4v) is 1.55. The van der Waals surface area contributed by atoms with Crippen LogP contribution >= 0.6 is 0 Å². The van der Waals surface area contributed by atoms with Crippen LogP contribution in [-0.2, 0) is 6.54 Å². The first-order chi connectivity index (χ1) is 9.21. The Balaban J connectivity index is 2.07. The standard InChI is InChI=1S/C12H16N6O/c1-14-9-6-10(18-12(13)17-9)16-7-8-3-4-15-11(5-8)19-2/h3-6H,7H2,1-2H3,(H4,13,14,16,17,18). The topological polar surface area (TPSA) is 98.0 Å². The van der Waals surface area contributed by atoms with E-state index < -0.39 is 0 Å². The quantitative estimate of drug-likeness (QED) is 0.740. The Labute approximate surface area is 111 Å². The largest absolute Gasteiger partial charge is 0.481 e. The molecular formula is C12H16N6O. The van der Waals surface area contributed by atoms with E-state index in [2.05, 4.69) is 25.6 Å². The molecular weight excluding hydrogens is 244 g/mol. The molecule has 0 aliphatic rings. The summed E-state index contributed by atoms with van der Waals surface area (Å²) in [6, 6.07) is 5.55. The molecule has 0 fully saturated rings. The van der Waals surface area contributed by atoms with Gasteiger partial charge in [0, 0.05) is 31.9 Å². The molecule has 0 aliphatic carbocycles. The van der Waals surface area contributed by atoms with Crippen molar-refractivity contribution in [2.45, 2.75) is 6.54 Å². The lowest BCUT2D eigenvalue weighted by Gasteiger charge is -2.08. The van der Waals surface area contributed by atoms with E-state index in [9.17, 15) is 0 Å². The van der Waals surface area contributed by atoms with Crippen LogP contribution in [-0.4, -0.2) is 29.1 Å². The summed E-state index contributed by atoms with van der Waals surface area (Å²) in [6.07, 6.45) is 1.70. The number of aromatic nitrogens is 3. The van der Waals surface area contributed by atoms with Crippen molar-refractivity contribution in [1.82, 2.24) is 15.0 Å². The highest BCUT2D eigenvalue weighted by Crippen LogP contribution is 2.14. The van der Waals surface area contributed by atoms with Crippen LogP contribution in [0.5, 0.6) is 5.88 Å². The molecule has 0 unspecified atom stereocenters. The molecule has 7 nitrogen and oxygen atoms in total. The number of anilines is 3. The van der Waals surface area contributed by atoms with Gasteiger partial charge in [-0.2, -0.15) is 9.97 Å². The number of nitrogens with zero attached hydrogens (tertiary/aromatic N) is 3. The third-order valence-corrected chi connectivity index (χ3v) is 2.48. The number of ether oxygens (including phenoxy) is 1. The van der Waals surface area contributed by atoms with Crippen LogP contribution in [0.15, 0.2) is 24.4 Å². The smallest absolute Gasteiger partial charge is 0.223 e. The minimum atomic E-state index is 0.224. The highest BCUT2D eigenvalue weighted by Gasteiger charge is 2.02. The molecule has 2 rings (SSSR count). The van der Waals surface area contributed by atoms with E-state index in [1.54, 1.807) is 26.4 Å². The lowest BCUT2D eigenvalue weighted by molar-refractivity contribution is 0.397. The molecule has 0 aromatic carbocycles. The minimum absolute atomic E-state index is 0.224. The van der Waals surface area contributed by atoms with Crippen molar-refractivity contribution in [3.63, 3.8) is 0 Å². The van der Waals surface area contributed by atoms with Crippen molar-refractivity contribution in [3.05, 3.63) is 30.0 Å². The van der Waals surface area contributed by atoms with E-state index >= 15 is 0 Å². The van der Waals surface area contributed by atoms with Gasteiger partial charge in [-0.05, 0) is 11.6 Å². The summed E-state index contributed by atoms with van der Waals surface area (Å²) in [4.78, 5) is 12.2. The summed E-state index contributed by atoms with van der Waals surface area (Å²) in [6.45, 7) is 0.596. The summed E-state index contributed by atoms with van der Waals surface area (Å²) < 4.78 is 5.07. The van der Waals surface area contributed by atoms with Gasteiger partial charge in [0.15, 0.2) is 0 Å². The summed E-state index contributed by atoms with van der Waals surface area (Å²) in [5.41, 5.74) is 6.65. The lowest BCUT2D eigenvalue weighted by atomic mass is 10.2. The highest BCUT2D eigenvalue weighted by atomic mass is 16.5. The van der Waals surface area contributed by atoms with Gasteiger partial charge in [0.2, 0.25) is 11.8 Å². The number of nitrogens with one attached hydrogen (secondary N) is 2. The Hall–Kier alpha value is -2.57. The van der Waals surface area contributed by atoms with E-state index in [0.29, 0.717) is 24.1 Å². The molecule has 0 spiro atoms. The Morgan fingerprint density at radius 3 is 2.79 bits per heavy atom. The molecule has 0 bridgehead atoms. The van der Waals surface area contributed by atoms with Crippen molar-refractivity contribution in [1.29, 1.82) is 0 Å². The van der Waals surface area contributed by atoms with Crippen LogP contribution in [0.1, 0.15) is 5.56 Å². The van der Waals surface area contributed by atoms with E-state index in [1.165, 1.54) is 0 Å². The van der Waals surface area contributed by atoms with Crippen LogP contribution in [0.3, 0.4) is 0 Å². The fraction of sp³-hybridized carbons (Fsp3) is 0.250. The molecule has 19 heavy (non-hydrogen) atoms. The predicted molar refractivity (Wildman–Crippen MR) is 74.1 cm³/mol. The Bertz CT molecular complexity index is 560. The van der Waals surface area contributed by atoms with E-state index in [1.807, 2.05) is 12.1 Å². The maximum Gasteiger partial charge on any atom is 0.223 e. The fourth-order valence-electron chi connectivity index (χ4n) is 1.55. The molecule has 0 saturated carbocycles. The normalized spacial score (nSPS) is 10.0. The Morgan fingerprint density at radius 1 is 1.26 bits per heavy atom.